The van der Waals surface area contributed by atoms with Crippen LogP contribution in [0, 0.1) is 6.92 Å². The summed E-state index contributed by atoms with van der Waals surface area (Å²) in [6.45, 7) is 2.27. The molecule has 5 aromatic rings. The maximum Gasteiger partial charge on any atom is 0.291 e. The summed E-state index contributed by atoms with van der Waals surface area (Å²) in [5.41, 5.74) is 2.12. The number of nitrogens with zero attached hydrogens (tertiary/aromatic N) is 2. The van der Waals surface area contributed by atoms with Gasteiger partial charge in [0.15, 0.2) is 11.0 Å². The van der Waals surface area contributed by atoms with Crippen LogP contribution in [0.15, 0.2) is 106 Å². The Labute approximate surface area is 235 Å². The van der Waals surface area contributed by atoms with Gasteiger partial charge in [0.25, 0.3) is 11.8 Å². The molecule has 40 heavy (non-hydrogen) atoms. The molecule has 0 radical (unpaired) electrons. The summed E-state index contributed by atoms with van der Waals surface area (Å²) in [5.74, 6) is -0.991. The van der Waals surface area contributed by atoms with Crippen LogP contribution in [0.5, 0.6) is 0 Å². The van der Waals surface area contributed by atoms with Crippen LogP contribution in [0.3, 0.4) is 0 Å². The van der Waals surface area contributed by atoms with Gasteiger partial charge in [-0.1, -0.05) is 90.0 Å². The Bertz CT molecular complexity index is 1910. The third-order valence-corrected chi connectivity index (χ3v) is 8.26. The summed E-state index contributed by atoms with van der Waals surface area (Å²) in [7, 11) is 0. The highest BCUT2D eigenvalue weighted by molar-refractivity contribution is 6.31. The van der Waals surface area contributed by atoms with Crippen molar-refractivity contribution in [2.45, 2.75) is 25.6 Å². The van der Waals surface area contributed by atoms with Crippen LogP contribution >= 0.6 is 11.6 Å². The Kier molecular flexibility index (Phi) is 5.44. The lowest BCUT2D eigenvalue weighted by Crippen LogP contribution is -2.52. The van der Waals surface area contributed by atoms with Gasteiger partial charge in [0, 0.05) is 17.1 Å². The van der Waals surface area contributed by atoms with Crippen molar-refractivity contribution in [2.24, 2.45) is 0 Å². The summed E-state index contributed by atoms with van der Waals surface area (Å²) < 4.78 is 6.12. The lowest BCUT2D eigenvalue weighted by atomic mass is 9.83. The molecule has 1 atom stereocenters. The fourth-order valence-corrected chi connectivity index (χ4v) is 6.18. The van der Waals surface area contributed by atoms with E-state index in [0.29, 0.717) is 27.2 Å². The normalized spacial score (nSPS) is 17.6. The molecule has 2 amide bonds. The predicted molar refractivity (Wildman–Crippen MR) is 153 cm³/mol. The number of amides is 2. The number of carbonyl (C=O) groups excluding carboxylic acids is 2. The maximum atomic E-state index is 14.9. The zero-order valence-corrected chi connectivity index (χ0v) is 22.3. The monoisotopic (exact) mass is 546 g/mol. The standard InChI is InChI=1S/C33H23ClN2O4/c1-20-14-16-21(17-15-20)18-36-31(38)30-28(29(37)23-9-3-7-13-27(23)40-30)33(36)24-10-4-6-12-26(24)35(32(33)39)19-22-8-2-5-11-25(22)34/h2-17H,18-19H2,1H3. The minimum absolute atomic E-state index is 0.0578. The van der Waals surface area contributed by atoms with Crippen molar-refractivity contribution >= 4 is 40.1 Å². The van der Waals surface area contributed by atoms with E-state index in [0.717, 1.165) is 16.7 Å². The quantitative estimate of drug-likeness (QED) is 0.269. The van der Waals surface area contributed by atoms with E-state index in [-0.39, 0.29) is 29.8 Å². The van der Waals surface area contributed by atoms with Gasteiger partial charge < -0.3 is 14.2 Å². The van der Waals surface area contributed by atoms with Gasteiger partial charge >= 0.3 is 0 Å². The van der Waals surface area contributed by atoms with Crippen LogP contribution in [-0.4, -0.2) is 16.7 Å². The molecular formula is C33H23ClN2O4. The number of hydrogen-bond acceptors (Lipinski definition) is 4. The number of benzene rings is 4. The summed E-state index contributed by atoms with van der Waals surface area (Å²) in [6, 6.07) is 29.2. The van der Waals surface area contributed by atoms with E-state index >= 15 is 0 Å². The van der Waals surface area contributed by atoms with Crippen molar-refractivity contribution in [2.75, 3.05) is 4.90 Å². The Morgan fingerprint density at radius 2 is 1.50 bits per heavy atom. The van der Waals surface area contributed by atoms with Gasteiger partial charge in [-0.05, 0) is 42.3 Å². The fourth-order valence-electron chi connectivity index (χ4n) is 5.99. The molecule has 1 spiro atoms. The van der Waals surface area contributed by atoms with Crippen LogP contribution in [0.2, 0.25) is 5.02 Å². The molecule has 2 aliphatic heterocycles. The zero-order chi connectivity index (χ0) is 27.6. The molecule has 196 valence electrons. The predicted octanol–water partition coefficient (Wildman–Crippen LogP) is 6.20. The van der Waals surface area contributed by atoms with Crippen LogP contribution in [0.25, 0.3) is 11.0 Å². The van der Waals surface area contributed by atoms with Gasteiger partial charge in [0.1, 0.15) is 5.58 Å². The first-order valence-electron chi connectivity index (χ1n) is 13.0. The second-order valence-electron chi connectivity index (χ2n) is 10.2. The van der Waals surface area contributed by atoms with E-state index in [1.807, 2.05) is 73.7 Å². The number of rotatable bonds is 4. The zero-order valence-electron chi connectivity index (χ0n) is 21.6. The fraction of sp³-hybridized carbons (Fsp3) is 0.121. The lowest BCUT2D eigenvalue weighted by Gasteiger charge is -2.34. The average molecular weight is 547 g/mol. The average Bonchev–Trinajstić information content (AvgIpc) is 3.36. The minimum atomic E-state index is -1.69. The molecule has 7 rings (SSSR count). The molecule has 2 aliphatic rings. The van der Waals surface area contributed by atoms with E-state index in [1.165, 1.54) is 4.90 Å². The summed E-state index contributed by atoms with van der Waals surface area (Å²) in [5, 5.41) is 0.846. The van der Waals surface area contributed by atoms with Crippen molar-refractivity contribution in [3.63, 3.8) is 0 Å². The van der Waals surface area contributed by atoms with Gasteiger partial charge in [-0.2, -0.15) is 0 Å². The van der Waals surface area contributed by atoms with Crippen molar-refractivity contribution in [1.29, 1.82) is 0 Å². The molecule has 0 aliphatic carbocycles. The number of aryl methyl sites for hydroxylation is 1. The molecular weight excluding hydrogens is 524 g/mol. The lowest BCUT2D eigenvalue weighted by molar-refractivity contribution is -0.126. The van der Waals surface area contributed by atoms with Gasteiger partial charge in [-0.25, -0.2) is 0 Å². The number of para-hydroxylation sites is 2. The summed E-state index contributed by atoms with van der Waals surface area (Å²) in [4.78, 5) is 46.4. The van der Waals surface area contributed by atoms with Gasteiger partial charge in [0.05, 0.1) is 23.2 Å². The number of fused-ring (bicyclic) bond motifs is 5. The maximum absolute atomic E-state index is 14.9. The van der Waals surface area contributed by atoms with E-state index in [2.05, 4.69) is 0 Å². The van der Waals surface area contributed by atoms with Crippen LogP contribution in [0.4, 0.5) is 5.69 Å². The van der Waals surface area contributed by atoms with E-state index in [1.54, 1.807) is 35.2 Å². The molecule has 6 nitrogen and oxygen atoms in total. The molecule has 1 aromatic heterocycles. The van der Waals surface area contributed by atoms with Crippen molar-refractivity contribution in [3.8, 4) is 0 Å². The largest absolute Gasteiger partial charge is 0.450 e. The molecule has 7 heteroatoms. The van der Waals surface area contributed by atoms with Gasteiger partial charge in [-0.3, -0.25) is 14.4 Å². The smallest absolute Gasteiger partial charge is 0.291 e. The third-order valence-electron chi connectivity index (χ3n) is 7.89. The first kappa shape index (κ1) is 24.4. The summed E-state index contributed by atoms with van der Waals surface area (Å²) in [6.07, 6.45) is 0. The molecule has 3 heterocycles. The van der Waals surface area contributed by atoms with E-state index in [4.69, 9.17) is 16.0 Å². The van der Waals surface area contributed by atoms with Crippen LogP contribution in [-0.2, 0) is 23.4 Å². The topological polar surface area (TPSA) is 70.8 Å². The third kappa shape index (κ3) is 3.32. The first-order chi connectivity index (χ1) is 19.4. The second-order valence-corrected chi connectivity index (χ2v) is 10.6. The van der Waals surface area contributed by atoms with Gasteiger partial charge in [0.2, 0.25) is 5.76 Å². The Balaban J connectivity index is 1.51. The minimum Gasteiger partial charge on any atom is -0.450 e. The van der Waals surface area contributed by atoms with E-state index < -0.39 is 17.4 Å². The Hall–Kier alpha value is -4.68. The van der Waals surface area contributed by atoms with Crippen LogP contribution in [0.1, 0.15) is 38.4 Å². The van der Waals surface area contributed by atoms with Crippen molar-refractivity contribution < 1.29 is 14.0 Å². The van der Waals surface area contributed by atoms with Gasteiger partial charge in [-0.15, -0.1) is 0 Å². The van der Waals surface area contributed by atoms with Crippen LogP contribution < -0.4 is 10.3 Å². The summed E-state index contributed by atoms with van der Waals surface area (Å²) >= 11 is 6.50. The highest BCUT2D eigenvalue weighted by atomic mass is 35.5. The molecule has 0 fully saturated rings. The van der Waals surface area contributed by atoms with Crippen molar-refractivity contribution in [1.82, 2.24) is 4.90 Å². The SMILES string of the molecule is Cc1ccc(CN2C(=O)c3oc4ccccc4c(=O)c3C23C(=O)N(Cc2ccccc2Cl)c2ccccc23)cc1. The number of hydrogen-bond donors (Lipinski definition) is 0. The molecule has 1 unspecified atom stereocenters. The van der Waals surface area contributed by atoms with E-state index in [9.17, 15) is 14.4 Å². The Morgan fingerprint density at radius 3 is 2.30 bits per heavy atom. The number of anilines is 1. The second kappa shape index (κ2) is 8.93. The molecule has 0 saturated carbocycles. The molecule has 4 aromatic carbocycles. The number of halogens is 1. The first-order valence-corrected chi connectivity index (χ1v) is 13.4. The number of carbonyl (C=O) groups is 2. The van der Waals surface area contributed by atoms with Crippen molar-refractivity contribution in [3.05, 3.63) is 146 Å². The molecule has 0 saturated heterocycles. The Morgan fingerprint density at radius 1 is 0.800 bits per heavy atom. The highest BCUT2D eigenvalue weighted by Crippen LogP contribution is 2.53. The molecule has 0 N–H and O–H groups in total. The molecule has 0 bridgehead atoms. The highest BCUT2D eigenvalue weighted by Gasteiger charge is 2.65.